The van der Waals surface area contributed by atoms with Crippen LogP contribution in [0.1, 0.15) is 31.2 Å². The van der Waals surface area contributed by atoms with Crippen molar-refractivity contribution in [3.63, 3.8) is 0 Å². The number of likely N-dealkylation sites (N-methyl/N-ethyl adjacent to an activating group) is 1. The summed E-state index contributed by atoms with van der Waals surface area (Å²) in [5, 5.41) is 10.0. The van der Waals surface area contributed by atoms with Gasteiger partial charge in [-0.25, -0.2) is 0 Å². The Labute approximate surface area is 118 Å². The average Bonchev–Trinajstić information content (AvgIpc) is 2.38. The zero-order valence-electron chi connectivity index (χ0n) is 11.0. The molecule has 0 saturated heterocycles. The maximum Gasteiger partial charge on any atom is 0.0695 e. The first-order valence-electron chi connectivity index (χ1n) is 6.79. The van der Waals surface area contributed by atoms with Crippen LogP contribution in [0.15, 0.2) is 28.7 Å². The zero-order chi connectivity index (χ0) is 13.0. The van der Waals surface area contributed by atoms with Gasteiger partial charge in [0.25, 0.3) is 0 Å². The average molecular weight is 312 g/mol. The molecule has 2 rings (SSSR count). The minimum Gasteiger partial charge on any atom is -0.391 e. The van der Waals surface area contributed by atoms with Crippen LogP contribution in [-0.4, -0.2) is 35.7 Å². The summed E-state index contributed by atoms with van der Waals surface area (Å²) >= 11 is 3.45. The van der Waals surface area contributed by atoms with Crippen molar-refractivity contribution in [2.75, 3.05) is 13.6 Å². The fourth-order valence-corrected chi connectivity index (χ4v) is 2.99. The predicted molar refractivity (Wildman–Crippen MR) is 78.7 cm³/mol. The van der Waals surface area contributed by atoms with Gasteiger partial charge in [-0.1, -0.05) is 40.9 Å². The molecular formula is C15H22BrNO. The van der Waals surface area contributed by atoms with Crippen LogP contribution in [0, 0.1) is 0 Å². The first kappa shape index (κ1) is 14.0. The van der Waals surface area contributed by atoms with Crippen LogP contribution < -0.4 is 0 Å². The molecule has 0 bridgehead atoms. The summed E-state index contributed by atoms with van der Waals surface area (Å²) in [5.74, 6) is 0. The Morgan fingerprint density at radius 1 is 1.22 bits per heavy atom. The number of aliphatic hydroxyl groups is 1. The molecule has 100 valence electrons. The van der Waals surface area contributed by atoms with Crippen molar-refractivity contribution in [1.29, 1.82) is 0 Å². The molecule has 1 saturated carbocycles. The summed E-state index contributed by atoms with van der Waals surface area (Å²) < 4.78 is 1.13. The van der Waals surface area contributed by atoms with E-state index in [0.717, 1.165) is 30.3 Å². The molecule has 2 unspecified atom stereocenters. The molecule has 0 heterocycles. The first-order chi connectivity index (χ1) is 8.66. The predicted octanol–water partition coefficient (Wildman–Crippen LogP) is 3.23. The zero-order valence-corrected chi connectivity index (χ0v) is 12.6. The Bertz CT molecular complexity index is 365. The van der Waals surface area contributed by atoms with E-state index in [-0.39, 0.29) is 6.10 Å². The number of halogens is 1. The van der Waals surface area contributed by atoms with Crippen LogP contribution in [0.4, 0.5) is 0 Å². The van der Waals surface area contributed by atoms with E-state index in [0.29, 0.717) is 6.04 Å². The second kappa shape index (κ2) is 6.69. The highest BCUT2D eigenvalue weighted by Gasteiger charge is 2.25. The summed E-state index contributed by atoms with van der Waals surface area (Å²) in [4.78, 5) is 2.33. The lowest BCUT2D eigenvalue weighted by molar-refractivity contribution is 0.0327. The molecule has 0 aliphatic heterocycles. The highest BCUT2D eigenvalue weighted by Crippen LogP contribution is 2.22. The van der Waals surface area contributed by atoms with Crippen molar-refractivity contribution in [3.8, 4) is 0 Å². The van der Waals surface area contributed by atoms with Crippen molar-refractivity contribution >= 4 is 15.9 Å². The number of benzene rings is 1. The molecule has 0 spiro atoms. The molecule has 3 heteroatoms. The van der Waals surface area contributed by atoms with E-state index >= 15 is 0 Å². The van der Waals surface area contributed by atoms with E-state index in [1.54, 1.807) is 0 Å². The molecular weight excluding hydrogens is 290 g/mol. The van der Waals surface area contributed by atoms with Crippen LogP contribution in [0.2, 0.25) is 0 Å². The van der Waals surface area contributed by atoms with Crippen LogP contribution in [0.25, 0.3) is 0 Å². The molecule has 1 N–H and O–H groups in total. The summed E-state index contributed by atoms with van der Waals surface area (Å²) in [6.45, 7) is 1.02. The highest BCUT2D eigenvalue weighted by molar-refractivity contribution is 9.10. The number of hydrogen-bond donors (Lipinski definition) is 1. The van der Waals surface area contributed by atoms with E-state index in [1.807, 2.05) is 0 Å². The van der Waals surface area contributed by atoms with Gasteiger partial charge < -0.3 is 10.0 Å². The largest absolute Gasteiger partial charge is 0.391 e. The summed E-state index contributed by atoms with van der Waals surface area (Å²) in [6, 6.07) is 8.86. The van der Waals surface area contributed by atoms with Crippen LogP contribution in [0.3, 0.4) is 0 Å². The smallest absolute Gasteiger partial charge is 0.0695 e. The second-order valence-corrected chi connectivity index (χ2v) is 6.19. The van der Waals surface area contributed by atoms with E-state index in [9.17, 15) is 5.11 Å². The van der Waals surface area contributed by atoms with Gasteiger partial charge in [-0.05, 0) is 44.0 Å². The van der Waals surface area contributed by atoms with Gasteiger partial charge in [-0.3, -0.25) is 0 Å². The standard InChI is InChI=1S/C15H22BrNO/c1-17(14-4-2-3-5-15(14)18)11-10-12-6-8-13(16)9-7-12/h6-9,14-15,18H,2-5,10-11H2,1H3. The van der Waals surface area contributed by atoms with Gasteiger partial charge >= 0.3 is 0 Å². The Morgan fingerprint density at radius 2 is 1.89 bits per heavy atom. The van der Waals surface area contributed by atoms with E-state index in [1.165, 1.54) is 18.4 Å². The summed E-state index contributed by atoms with van der Waals surface area (Å²) in [5.41, 5.74) is 1.36. The Balaban J connectivity index is 1.83. The molecule has 0 radical (unpaired) electrons. The maximum atomic E-state index is 10.0. The quantitative estimate of drug-likeness (QED) is 0.923. The fourth-order valence-electron chi connectivity index (χ4n) is 2.73. The third-order valence-corrected chi connectivity index (χ3v) is 4.46. The van der Waals surface area contributed by atoms with E-state index < -0.39 is 0 Å². The van der Waals surface area contributed by atoms with Crippen LogP contribution in [-0.2, 0) is 6.42 Å². The topological polar surface area (TPSA) is 23.5 Å². The number of nitrogens with zero attached hydrogens (tertiary/aromatic N) is 1. The third kappa shape index (κ3) is 3.81. The number of aliphatic hydroxyl groups excluding tert-OH is 1. The lowest BCUT2D eigenvalue weighted by Gasteiger charge is -2.35. The molecule has 1 aromatic rings. The van der Waals surface area contributed by atoms with Crippen LogP contribution in [0.5, 0.6) is 0 Å². The Morgan fingerprint density at radius 3 is 2.56 bits per heavy atom. The monoisotopic (exact) mass is 311 g/mol. The molecule has 0 amide bonds. The Hall–Kier alpha value is -0.380. The minimum absolute atomic E-state index is 0.131. The van der Waals surface area contributed by atoms with Crippen molar-refractivity contribution in [3.05, 3.63) is 34.3 Å². The molecule has 2 atom stereocenters. The Kier molecular flexibility index (Phi) is 5.22. The van der Waals surface area contributed by atoms with Gasteiger partial charge in [0.05, 0.1) is 6.10 Å². The molecule has 18 heavy (non-hydrogen) atoms. The van der Waals surface area contributed by atoms with Gasteiger partial charge in [0.15, 0.2) is 0 Å². The van der Waals surface area contributed by atoms with Crippen molar-refractivity contribution in [2.24, 2.45) is 0 Å². The third-order valence-electron chi connectivity index (χ3n) is 3.93. The molecule has 1 aliphatic carbocycles. The fraction of sp³-hybridized carbons (Fsp3) is 0.600. The van der Waals surface area contributed by atoms with Crippen LogP contribution >= 0.6 is 15.9 Å². The summed E-state index contributed by atoms with van der Waals surface area (Å²) in [7, 11) is 2.14. The molecule has 0 aromatic heterocycles. The number of hydrogen-bond acceptors (Lipinski definition) is 2. The van der Waals surface area contributed by atoms with Gasteiger partial charge in [0.1, 0.15) is 0 Å². The molecule has 2 nitrogen and oxygen atoms in total. The minimum atomic E-state index is -0.131. The van der Waals surface area contributed by atoms with E-state index in [4.69, 9.17) is 0 Å². The number of rotatable bonds is 4. The summed E-state index contributed by atoms with van der Waals surface area (Å²) in [6.07, 6.45) is 5.45. The maximum absolute atomic E-state index is 10.0. The van der Waals surface area contributed by atoms with Crippen molar-refractivity contribution < 1.29 is 5.11 Å². The SMILES string of the molecule is CN(CCc1ccc(Br)cc1)C1CCCCC1O. The molecule has 1 aromatic carbocycles. The first-order valence-corrected chi connectivity index (χ1v) is 7.59. The van der Waals surface area contributed by atoms with Gasteiger partial charge in [-0.2, -0.15) is 0 Å². The lowest BCUT2D eigenvalue weighted by atomic mass is 9.91. The van der Waals surface area contributed by atoms with Gasteiger partial charge in [-0.15, -0.1) is 0 Å². The normalized spacial score (nSPS) is 24.4. The van der Waals surface area contributed by atoms with Gasteiger partial charge in [0.2, 0.25) is 0 Å². The van der Waals surface area contributed by atoms with E-state index in [2.05, 4.69) is 52.1 Å². The van der Waals surface area contributed by atoms with Gasteiger partial charge in [0, 0.05) is 17.1 Å². The molecule has 1 aliphatic rings. The molecule has 1 fully saturated rings. The van der Waals surface area contributed by atoms with Crippen molar-refractivity contribution in [1.82, 2.24) is 4.90 Å². The van der Waals surface area contributed by atoms with Crippen molar-refractivity contribution in [2.45, 2.75) is 44.2 Å². The highest BCUT2D eigenvalue weighted by atomic mass is 79.9. The second-order valence-electron chi connectivity index (χ2n) is 5.28. The lowest BCUT2D eigenvalue weighted by Crippen LogP contribution is -2.44.